The quantitative estimate of drug-likeness (QED) is 0.468. The molecule has 0 spiro atoms. The summed E-state index contributed by atoms with van der Waals surface area (Å²) in [5, 5.41) is 9.46. The van der Waals surface area contributed by atoms with Crippen molar-refractivity contribution in [3.05, 3.63) is 28.8 Å². The summed E-state index contributed by atoms with van der Waals surface area (Å²) in [6.07, 6.45) is 9.69. The van der Waals surface area contributed by atoms with Crippen LogP contribution in [-0.2, 0) is 4.74 Å². The van der Waals surface area contributed by atoms with Gasteiger partial charge >= 0.3 is 5.97 Å². The first kappa shape index (κ1) is 17.8. The Bertz CT molecular complexity index is 432. The van der Waals surface area contributed by atoms with Crippen molar-refractivity contribution in [2.24, 2.45) is 0 Å². The van der Waals surface area contributed by atoms with Gasteiger partial charge in [0.15, 0.2) is 0 Å². The third-order valence-corrected chi connectivity index (χ3v) is 3.72. The number of esters is 1. The minimum Gasteiger partial charge on any atom is -0.506 e. The highest BCUT2D eigenvalue weighted by Gasteiger charge is 2.09. The highest BCUT2D eigenvalue weighted by molar-refractivity contribution is 6.32. The minimum absolute atomic E-state index is 0.0312. The first-order valence-electron chi connectivity index (χ1n) is 7.80. The maximum absolute atomic E-state index is 11.8. The SMILES string of the molecule is CCCCCCCCCCOC(=O)c1ccc(O)c(Cl)c1. The standard InChI is InChI=1S/C17H25ClO3/c1-2-3-4-5-6-7-8-9-12-21-17(20)14-10-11-16(19)15(18)13-14/h10-11,13,19H,2-9,12H2,1H3. The summed E-state index contributed by atoms with van der Waals surface area (Å²) in [7, 11) is 0. The van der Waals surface area contributed by atoms with Crippen LogP contribution in [0.1, 0.15) is 68.6 Å². The van der Waals surface area contributed by atoms with Crippen LogP contribution in [0.15, 0.2) is 18.2 Å². The van der Waals surface area contributed by atoms with Crippen molar-refractivity contribution in [2.45, 2.75) is 58.3 Å². The lowest BCUT2D eigenvalue weighted by Crippen LogP contribution is -2.06. The molecule has 0 atom stereocenters. The Morgan fingerprint density at radius 2 is 1.71 bits per heavy atom. The molecule has 0 heterocycles. The Kier molecular flexibility index (Phi) is 8.91. The largest absolute Gasteiger partial charge is 0.506 e. The lowest BCUT2D eigenvalue weighted by Gasteiger charge is -2.06. The molecule has 0 radical (unpaired) electrons. The number of hydrogen-bond donors (Lipinski definition) is 1. The van der Waals surface area contributed by atoms with E-state index < -0.39 is 0 Å². The number of rotatable bonds is 10. The van der Waals surface area contributed by atoms with E-state index in [4.69, 9.17) is 16.3 Å². The molecule has 1 aromatic carbocycles. The first-order valence-corrected chi connectivity index (χ1v) is 8.18. The van der Waals surface area contributed by atoms with Gasteiger partial charge in [-0.25, -0.2) is 4.79 Å². The predicted octanol–water partition coefficient (Wildman–Crippen LogP) is 5.34. The predicted molar refractivity (Wildman–Crippen MR) is 86.0 cm³/mol. The van der Waals surface area contributed by atoms with E-state index in [-0.39, 0.29) is 16.7 Å². The normalized spacial score (nSPS) is 10.6. The molecule has 0 unspecified atom stereocenters. The van der Waals surface area contributed by atoms with Crippen LogP contribution < -0.4 is 0 Å². The minimum atomic E-state index is -0.389. The molecule has 0 saturated carbocycles. The summed E-state index contributed by atoms with van der Waals surface area (Å²) in [6, 6.07) is 4.33. The number of hydrogen-bond acceptors (Lipinski definition) is 3. The van der Waals surface area contributed by atoms with Crippen LogP contribution in [0.5, 0.6) is 5.75 Å². The second kappa shape index (κ2) is 10.5. The summed E-state index contributed by atoms with van der Waals surface area (Å²) < 4.78 is 5.19. The van der Waals surface area contributed by atoms with E-state index in [1.54, 1.807) is 0 Å². The number of halogens is 1. The molecule has 3 nitrogen and oxygen atoms in total. The zero-order valence-corrected chi connectivity index (χ0v) is 13.5. The average molecular weight is 313 g/mol. The number of benzene rings is 1. The fourth-order valence-corrected chi connectivity index (χ4v) is 2.30. The van der Waals surface area contributed by atoms with Gasteiger partial charge in [-0.05, 0) is 24.6 Å². The summed E-state index contributed by atoms with van der Waals surface area (Å²) in [4.78, 5) is 11.8. The molecule has 1 aromatic rings. The number of ether oxygens (including phenoxy) is 1. The smallest absolute Gasteiger partial charge is 0.338 e. The van der Waals surface area contributed by atoms with Crippen LogP contribution in [-0.4, -0.2) is 17.7 Å². The molecular weight excluding hydrogens is 288 g/mol. The van der Waals surface area contributed by atoms with Crippen LogP contribution in [0.4, 0.5) is 0 Å². The van der Waals surface area contributed by atoms with E-state index in [0.29, 0.717) is 12.2 Å². The van der Waals surface area contributed by atoms with Gasteiger partial charge in [0.2, 0.25) is 0 Å². The zero-order chi connectivity index (χ0) is 15.5. The van der Waals surface area contributed by atoms with Crippen molar-refractivity contribution < 1.29 is 14.6 Å². The van der Waals surface area contributed by atoms with Gasteiger partial charge in [-0.2, -0.15) is 0 Å². The van der Waals surface area contributed by atoms with E-state index in [1.165, 1.54) is 56.7 Å². The summed E-state index contributed by atoms with van der Waals surface area (Å²) in [6.45, 7) is 2.65. The van der Waals surface area contributed by atoms with Gasteiger partial charge in [-0.1, -0.05) is 63.5 Å². The van der Waals surface area contributed by atoms with Crippen molar-refractivity contribution in [3.63, 3.8) is 0 Å². The molecule has 0 aliphatic carbocycles. The fraction of sp³-hybridized carbons (Fsp3) is 0.588. The molecule has 1 N–H and O–H groups in total. The van der Waals surface area contributed by atoms with Gasteiger partial charge in [-0.3, -0.25) is 0 Å². The van der Waals surface area contributed by atoms with Gasteiger partial charge in [0.05, 0.1) is 17.2 Å². The number of phenolic OH excluding ortho intramolecular Hbond substituents is 1. The molecule has 1 rings (SSSR count). The lowest BCUT2D eigenvalue weighted by atomic mass is 10.1. The molecule has 0 fully saturated rings. The van der Waals surface area contributed by atoms with Crippen LogP contribution in [0.25, 0.3) is 0 Å². The molecule has 0 aromatic heterocycles. The summed E-state index contributed by atoms with van der Waals surface area (Å²) >= 11 is 5.75. The molecule has 0 saturated heterocycles. The van der Waals surface area contributed by atoms with Gasteiger partial charge in [-0.15, -0.1) is 0 Å². The molecule has 0 amide bonds. The number of carbonyl (C=O) groups is 1. The van der Waals surface area contributed by atoms with E-state index >= 15 is 0 Å². The Morgan fingerprint density at radius 3 is 2.33 bits per heavy atom. The highest BCUT2D eigenvalue weighted by atomic mass is 35.5. The highest BCUT2D eigenvalue weighted by Crippen LogP contribution is 2.23. The molecule has 21 heavy (non-hydrogen) atoms. The first-order chi connectivity index (χ1) is 10.1. The zero-order valence-electron chi connectivity index (χ0n) is 12.7. The van der Waals surface area contributed by atoms with E-state index in [0.717, 1.165) is 12.8 Å². The molecule has 0 aliphatic heterocycles. The molecule has 0 aliphatic rings. The maximum Gasteiger partial charge on any atom is 0.338 e. The van der Waals surface area contributed by atoms with Gasteiger partial charge < -0.3 is 9.84 Å². The van der Waals surface area contributed by atoms with Gasteiger partial charge in [0, 0.05) is 0 Å². The van der Waals surface area contributed by atoms with Crippen molar-refractivity contribution in [2.75, 3.05) is 6.61 Å². The van der Waals surface area contributed by atoms with E-state index in [2.05, 4.69) is 6.92 Å². The van der Waals surface area contributed by atoms with Crippen LogP contribution in [0, 0.1) is 0 Å². The van der Waals surface area contributed by atoms with Crippen molar-refractivity contribution in [1.82, 2.24) is 0 Å². The topological polar surface area (TPSA) is 46.5 Å². The van der Waals surface area contributed by atoms with Crippen LogP contribution >= 0.6 is 11.6 Å². The van der Waals surface area contributed by atoms with Crippen molar-refractivity contribution in [3.8, 4) is 5.75 Å². The summed E-state index contributed by atoms with van der Waals surface area (Å²) in [5.41, 5.74) is 0.373. The Morgan fingerprint density at radius 1 is 1.10 bits per heavy atom. The monoisotopic (exact) mass is 312 g/mol. The summed E-state index contributed by atoms with van der Waals surface area (Å²) in [5.74, 6) is -0.420. The van der Waals surface area contributed by atoms with Gasteiger partial charge in [0.1, 0.15) is 5.75 Å². The number of phenols is 1. The number of aromatic hydroxyl groups is 1. The fourth-order valence-electron chi connectivity index (χ4n) is 2.12. The third-order valence-electron chi connectivity index (χ3n) is 3.41. The second-order valence-corrected chi connectivity index (χ2v) is 5.68. The Labute approximate surface area is 132 Å². The van der Waals surface area contributed by atoms with Crippen molar-refractivity contribution >= 4 is 17.6 Å². The molecular formula is C17H25ClO3. The molecule has 118 valence electrons. The van der Waals surface area contributed by atoms with Crippen molar-refractivity contribution in [1.29, 1.82) is 0 Å². The molecule has 0 bridgehead atoms. The maximum atomic E-state index is 11.8. The molecule has 4 heteroatoms. The number of carbonyl (C=O) groups excluding carboxylic acids is 1. The van der Waals surface area contributed by atoms with Crippen LogP contribution in [0.3, 0.4) is 0 Å². The van der Waals surface area contributed by atoms with Crippen LogP contribution in [0.2, 0.25) is 5.02 Å². The third kappa shape index (κ3) is 7.37. The Hall–Kier alpha value is -1.22. The Balaban J connectivity index is 2.09. The van der Waals surface area contributed by atoms with E-state index in [1.807, 2.05) is 0 Å². The van der Waals surface area contributed by atoms with Gasteiger partial charge in [0.25, 0.3) is 0 Å². The average Bonchev–Trinajstić information content (AvgIpc) is 2.48. The van der Waals surface area contributed by atoms with E-state index in [9.17, 15) is 9.90 Å². The lowest BCUT2D eigenvalue weighted by molar-refractivity contribution is 0.0497. The second-order valence-electron chi connectivity index (χ2n) is 5.28. The number of unbranched alkanes of at least 4 members (excludes halogenated alkanes) is 7.